The van der Waals surface area contributed by atoms with Crippen LogP contribution in [0, 0.1) is 88.8 Å². The first-order chi connectivity index (χ1) is 46.9. The van der Waals surface area contributed by atoms with Crippen LogP contribution in [0.1, 0.15) is 145 Å². The fourth-order valence-electron chi connectivity index (χ4n) is 14.0. The van der Waals surface area contributed by atoms with E-state index in [1.807, 2.05) is 34.0 Å². The van der Waals surface area contributed by atoms with Crippen molar-refractivity contribution in [2.75, 3.05) is 120 Å². The van der Waals surface area contributed by atoms with Crippen LogP contribution in [0.2, 0.25) is 0 Å². The molecule has 98 heavy (non-hydrogen) atoms. The summed E-state index contributed by atoms with van der Waals surface area (Å²) in [6, 6.07) is 0. The number of unbranched alkanes of at least 4 members (excludes halogenated alkanes) is 1. The van der Waals surface area contributed by atoms with Crippen molar-refractivity contribution in [2.24, 2.45) is 103 Å². The Hall–Kier alpha value is -3.95. The van der Waals surface area contributed by atoms with Gasteiger partial charge in [-0.1, -0.05) is 67.7 Å². The number of carbonyl (C=O) groups excluding carboxylic acids is 2. The SMILES string of the molecule is CCCCN=BO.CCCOB=NC(=O)CO.CCCOCC1CC2C=CC1C2.CCOB=NCCO.CCOCCOC(=O)C1CC2C=CC1C2.COC(C)(C)C1CC2C=CC1C2.COCCOCC1CC2C=CC1C2.OC(COCCC1CC2C=CC1C2)(C(F)(F)F)C(F)(F)F. The molecule has 0 radical (unpaired) electrons. The molecule has 18 nitrogen and oxygen atoms in total. The predicted octanol–water partition coefficient (Wildman–Crippen LogP) is 12.5. The van der Waals surface area contributed by atoms with Crippen LogP contribution in [-0.2, 0) is 52.1 Å². The van der Waals surface area contributed by atoms with Gasteiger partial charge in [0.05, 0.1) is 44.6 Å². The number of rotatable bonds is 32. The van der Waals surface area contributed by atoms with Crippen LogP contribution in [0.4, 0.5) is 26.3 Å². The summed E-state index contributed by atoms with van der Waals surface area (Å²) in [4.78, 5) is 32.5. The molecule has 27 heteroatoms. The maximum Gasteiger partial charge on any atom is 0.428 e. The maximum atomic E-state index is 12.4. The Kier molecular flexibility index (Phi) is 44.0. The molecule has 1 amide bonds. The summed E-state index contributed by atoms with van der Waals surface area (Å²) in [7, 11) is 6.81. The van der Waals surface area contributed by atoms with E-state index in [1.165, 1.54) is 45.8 Å². The van der Waals surface area contributed by atoms with E-state index in [1.54, 1.807) is 7.11 Å². The summed E-state index contributed by atoms with van der Waals surface area (Å²) >= 11 is 0. The quantitative estimate of drug-likeness (QED) is 0.0161. The van der Waals surface area contributed by atoms with Gasteiger partial charge in [-0.2, -0.15) is 26.3 Å². The molecule has 0 aromatic heterocycles. The molecule has 5 saturated carbocycles. The number of fused-ring (bicyclic) bond motifs is 10. The van der Waals surface area contributed by atoms with Crippen molar-refractivity contribution in [1.82, 2.24) is 0 Å². The van der Waals surface area contributed by atoms with Gasteiger partial charge in [0.2, 0.25) is 0 Å². The number of nitrogens with zero attached hydrogens (tertiary/aromatic N) is 3. The monoisotopic (exact) mass is 1400 g/mol. The van der Waals surface area contributed by atoms with Gasteiger partial charge in [0.1, 0.15) is 6.61 Å². The van der Waals surface area contributed by atoms with E-state index in [0.717, 1.165) is 159 Å². The Morgan fingerprint density at radius 2 is 1.05 bits per heavy atom. The van der Waals surface area contributed by atoms with Crippen LogP contribution in [0.3, 0.4) is 0 Å². The fraction of sp³-hybridized carbons (Fsp3) is 0.831. The summed E-state index contributed by atoms with van der Waals surface area (Å²) < 4.78 is 120. The first-order valence-corrected chi connectivity index (χ1v) is 35.8. The fourth-order valence-corrected chi connectivity index (χ4v) is 14.0. The van der Waals surface area contributed by atoms with Crippen LogP contribution in [0.25, 0.3) is 0 Å². The number of alkyl halides is 6. The minimum atomic E-state index is -5.82. The standard InChI is InChI=1S/C13H16F6O2.C12H18O3.C11H18O2.2C11H18O.C5H10BNO3.C4H10BNO2.C4H10BNO/c14-12(15,16)11(20,13(17,18)19)7-21-4-3-10-6-8-1-2-9(10)5-8;1-2-14-5-6-15-12(13)11-8-9-3-4-10(11)7-9;1-12-4-5-13-8-11-7-9-2-3-10(11)6-9;1-11(2,12-3)10-7-8-4-5-9(10)6-8;1-2-5-12-8-11-7-9-3-4-10(11)6-9;1-2-3-10-6-7-5(9)4-8;1-2-8-5-6-3-4-7;1-2-3-4-6-5-7/h1-2,8-10,20H,3-7H2;3-4,9-11H,2,5-8H2,1H3;2-3,9-11H,4-8H2,1H3;4-5,8-10H,6-7H2,1-3H3;3-4,9-11H,2,5-8H2,1H3;8H,2-4H2,1H3;7H,2-4H2,1H3;7H,2-4H2,1H3. The molecule has 10 bridgehead atoms. The largest absolute Gasteiger partial charge is 0.463 e. The van der Waals surface area contributed by atoms with Crippen LogP contribution < -0.4 is 0 Å². The van der Waals surface area contributed by atoms with E-state index in [4.69, 9.17) is 58.1 Å². The number of allylic oxidation sites excluding steroid dienone is 10. The van der Waals surface area contributed by atoms with Crippen molar-refractivity contribution < 1.29 is 98.7 Å². The first-order valence-electron chi connectivity index (χ1n) is 35.8. The second-order valence-corrected chi connectivity index (χ2v) is 27.1. The van der Waals surface area contributed by atoms with Gasteiger partial charge in [-0.05, 0) is 181 Å². The van der Waals surface area contributed by atoms with Crippen molar-refractivity contribution in [3.63, 3.8) is 0 Å². The van der Waals surface area contributed by atoms with Gasteiger partial charge in [-0.3, -0.25) is 4.79 Å². The number of halogens is 6. The molecular formula is C71H118B3F6N3O15. The number of methoxy groups -OCH3 is 2. The van der Waals surface area contributed by atoms with Crippen molar-refractivity contribution in [3.05, 3.63) is 60.8 Å². The van der Waals surface area contributed by atoms with E-state index in [0.29, 0.717) is 69.7 Å². The molecule has 10 rings (SSSR count). The Balaban J connectivity index is 0.000000298. The van der Waals surface area contributed by atoms with Crippen molar-refractivity contribution in [3.8, 4) is 0 Å². The number of hydrogen-bond donors (Lipinski definition) is 4. The Morgan fingerprint density at radius 3 is 1.47 bits per heavy atom. The van der Waals surface area contributed by atoms with Gasteiger partial charge in [0, 0.05) is 40.6 Å². The van der Waals surface area contributed by atoms with E-state index in [2.05, 4.69) is 102 Å². The van der Waals surface area contributed by atoms with E-state index >= 15 is 0 Å². The minimum Gasteiger partial charge on any atom is -0.463 e. The Morgan fingerprint density at radius 1 is 0.531 bits per heavy atom. The Bertz CT molecular complexity index is 2400. The van der Waals surface area contributed by atoms with Gasteiger partial charge in [-0.25, -0.2) is 0 Å². The van der Waals surface area contributed by atoms with Crippen molar-refractivity contribution in [1.29, 1.82) is 0 Å². The third kappa shape index (κ3) is 32.2. The second-order valence-electron chi connectivity index (χ2n) is 27.1. The summed E-state index contributed by atoms with van der Waals surface area (Å²) in [5.41, 5.74) is -4.74. The third-order valence-corrected chi connectivity index (χ3v) is 19.5. The normalized spacial score (nSPS) is 27.8. The molecule has 558 valence electrons. The van der Waals surface area contributed by atoms with Gasteiger partial charge in [-0.15, -0.1) is 0 Å². The summed E-state index contributed by atoms with van der Waals surface area (Å²) in [5.74, 6) is 9.06. The third-order valence-electron chi connectivity index (χ3n) is 19.5. The van der Waals surface area contributed by atoms with E-state index < -0.39 is 37.1 Å². The number of aliphatic hydroxyl groups is 3. The second kappa shape index (κ2) is 48.8. The molecule has 10 aliphatic carbocycles. The molecule has 0 heterocycles. The van der Waals surface area contributed by atoms with Crippen molar-refractivity contribution in [2.45, 2.75) is 168 Å². The maximum absolute atomic E-state index is 12.4. The number of hydrogen-bond acceptors (Lipinski definition) is 16. The van der Waals surface area contributed by atoms with Crippen LogP contribution in [0.15, 0.2) is 75.4 Å². The molecule has 5 fully saturated rings. The smallest absolute Gasteiger partial charge is 0.428 e. The zero-order valence-electron chi connectivity index (χ0n) is 60.0. The summed E-state index contributed by atoms with van der Waals surface area (Å²) in [6.07, 6.45) is 28.1. The molecule has 0 spiro atoms. The average Bonchev–Trinajstić information content (AvgIpc) is 1.30. The van der Waals surface area contributed by atoms with Crippen LogP contribution in [-0.4, -0.2) is 197 Å². The molecule has 0 aromatic rings. The zero-order chi connectivity index (χ0) is 72.4. The van der Waals surface area contributed by atoms with Crippen molar-refractivity contribution >= 4 is 33.7 Å². The molecule has 15 unspecified atom stereocenters. The van der Waals surface area contributed by atoms with Crippen LogP contribution >= 0.6 is 0 Å². The number of amides is 1. The van der Waals surface area contributed by atoms with Gasteiger partial charge in [0.15, 0.2) is 0 Å². The molecule has 0 aromatic carbocycles. The number of carbonyl (C=O) groups is 2. The molecule has 15 atom stereocenters. The summed E-state index contributed by atoms with van der Waals surface area (Å²) in [6.45, 7) is 20.2. The first kappa shape index (κ1) is 88.3. The zero-order valence-corrected chi connectivity index (χ0v) is 60.0. The molecule has 4 N–H and O–H groups in total. The minimum absolute atomic E-state index is 0.0356. The van der Waals surface area contributed by atoms with E-state index in [9.17, 15) is 35.9 Å². The average molecular weight is 1400 g/mol. The van der Waals surface area contributed by atoms with Crippen LogP contribution in [0.5, 0.6) is 0 Å². The topological polar surface area (TPSA) is 235 Å². The van der Waals surface area contributed by atoms with Gasteiger partial charge < -0.3 is 38.3 Å². The number of aliphatic hydroxyl groups excluding tert-OH is 2. The Labute approximate surface area is 582 Å². The molecule has 0 aliphatic heterocycles. The molecule has 10 aliphatic rings. The predicted molar refractivity (Wildman–Crippen MR) is 368 cm³/mol. The number of esters is 1. The summed E-state index contributed by atoms with van der Waals surface area (Å²) in [5, 5.41) is 33.3. The molecule has 0 saturated heterocycles. The van der Waals surface area contributed by atoms with E-state index in [-0.39, 0.29) is 36.6 Å². The van der Waals surface area contributed by atoms with Gasteiger partial charge >= 0.3 is 170 Å². The number of ether oxygens (including phenoxy) is 7. The molecular weight excluding hydrogens is 1280 g/mol. The van der Waals surface area contributed by atoms with Gasteiger partial charge in [0.25, 0.3) is 5.60 Å².